The lowest BCUT2D eigenvalue weighted by atomic mass is 10.1. The van der Waals surface area contributed by atoms with Gasteiger partial charge in [0.15, 0.2) is 5.17 Å². The van der Waals surface area contributed by atoms with Crippen molar-refractivity contribution < 1.29 is 9.53 Å². The highest BCUT2D eigenvalue weighted by atomic mass is 32.2. The zero-order chi connectivity index (χ0) is 21.6. The van der Waals surface area contributed by atoms with Gasteiger partial charge < -0.3 is 4.74 Å². The van der Waals surface area contributed by atoms with Crippen molar-refractivity contribution in [3.8, 4) is 17.0 Å². The summed E-state index contributed by atoms with van der Waals surface area (Å²) in [5.41, 5.74) is 3.48. The second-order valence-corrected chi connectivity index (χ2v) is 7.71. The number of aromatic nitrogens is 2. The molecule has 6 nitrogen and oxygen atoms in total. The molecule has 0 radical (unpaired) electrons. The predicted molar refractivity (Wildman–Crippen MR) is 126 cm³/mol. The number of carbonyl (C=O) groups excluding carboxylic acids is 1. The number of rotatable bonds is 7. The third-order valence-electron chi connectivity index (χ3n) is 4.59. The van der Waals surface area contributed by atoms with Crippen molar-refractivity contribution in [3.63, 3.8) is 0 Å². The van der Waals surface area contributed by atoms with Crippen LogP contribution in [0, 0.1) is 0 Å². The van der Waals surface area contributed by atoms with Gasteiger partial charge in [0.05, 0.1) is 29.1 Å². The summed E-state index contributed by atoms with van der Waals surface area (Å²) in [6.07, 6.45) is 5.28. The van der Waals surface area contributed by atoms with E-state index in [0.717, 1.165) is 28.3 Å². The lowest BCUT2D eigenvalue weighted by molar-refractivity contribution is -0.121. The van der Waals surface area contributed by atoms with Crippen molar-refractivity contribution >= 4 is 34.6 Å². The molecule has 1 aromatic heterocycles. The Bertz CT molecular complexity index is 1130. The van der Waals surface area contributed by atoms with Crippen LogP contribution in [0.2, 0.25) is 0 Å². The molecule has 0 aliphatic carbocycles. The van der Waals surface area contributed by atoms with Crippen LogP contribution in [0.25, 0.3) is 17.3 Å². The molecule has 0 bridgehead atoms. The highest BCUT2D eigenvalue weighted by Gasteiger charge is 2.33. The molecular weight excluding hydrogens is 408 g/mol. The zero-order valence-corrected chi connectivity index (χ0v) is 17.9. The van der Waals surface area contributed by atoms with Gasteiger partial charge in [0.2, 0.25) is 0 Å². The highest BCUT2D eigenvalue weighted by Crippen LogP contribution is 2.35. The summed E-state index contributed by atoms with van der Waals surface area (Å²) in [6.45, 7) is 6.72. The molecule has 1 saturated heterocycles. The Kier molecular flexibility index (Phi) is 6.33. The number of H-pyrrole nitrogens is 1. The van der Waals surface area contributed by atoms with Crippen LogP contribution in [-0.4, -0.2) is 39.3 Å². The normalized spacial score (nSPS) is 16.3. The van der Waals surface area contributed by atoms with Crippen molar-refractivity contribution in [1.29, 1.82) is 0 Å². The first-order valence-electron chi connectivity index (χ1n) is 9.92. The van der Waals surface area contributed by atoms with Crippen molar-refractivity contribution in [1.82, 2.24) is 15.1 Å². The van der Waals surface area contributed by atoms with E-state index in [0.29, 0.717) is 23.2 Å². The van der Waals surface area contributed by atoms with Crippen molar-refractivity contribution in [3.05, 3.63) is 83.9 Å². The number of aliphatic imine (C=N–C) groups is 1. The molecule has 0 atom stereocenters. The van der Waals surface area contributed by atoms with E-state index in [4.69, 9.17) is 4.74 Å². The highest BCUT2D eigenvalue weighted by molar-refractivity contribution is 8.18. The fourth-order valence-corrected chi connectivity index (χ4v) is 4.16. The number of hydrogen-bond donors (Lipinski definition) is 1. The number of hydrogen-bond acceptors (Lipinski definition) is 5. The Labute approximate surface area is 185 Å². The van der Waals surface area contributed by atoms with Crippen LogP contribution >= 0.6 is 11.8 Å². The van der Waals surface area contributed by atoms with Gasteiger partial charge in [0, 0.05) is 17.7 Å². The third kappa shape index (κ3) is 4.62. The van der Waals surface area contributed by atoms with Crippen LogP contribution in [0.3, 0.4) is 0 Å². The van der Waals surface area contributed by atoms with E-state index in [1.807, 2.05) is 67.6 Å². The maximum Gasteiger partial charge on any atom is 0.267 e. The molecule has 7 heteroatoms. The summed E-state index contributed by atoms with van der Waals surface area (Å²) in [5.74, 6) is 0.688. The number of aromatic amines is 1. The molecule has 156 valence electrons. The summed E-state index contributed by atoms with van der Waals surface area (Å²) in [7, 11) is 0. The van der Waals surface area contributed by atoms with Gasteiger partial charge >= 0.3 is 0 Å². The Hall–Kier alpha value is -3.58. The van der Waals surface area contributed by atoms with Crippen LogP contribution in [0.15, 0.2) is 83.3 Å². The topological polar surface area (TPSA) is 70.6 Å². The Morgan fingerprint density at radius 3 is 2.68 bits per heavy atom. The lowest BCUT2D eigenvalue weighted by Crippen LogP contribution is -2.29. The van der Waals surface area contributed by atoms with E-state index in [1.54, 1.807) is 17.2 Å². The molecule has 1 amide bonds. The second-order valence-electron chi connectivity index (χ2n) is 6.70. The van der Waals surface area contributed by atoms with Gasteiger partial charge in [-0.1, -0.05) is 36.4 Å². The number of nitrogens with zero attached hydrogens (tertiary/aromatic N) is 3. The quantitative estimate of drug-likeness (QED) is 0.410. The molecule has 1 N–H and O–H groups in total. The maximum absolute atomic E-state index is 13.1. The van der Waals surface area contributed by atoms with Gasteiger partial charge in [-0.3, -0.25) is 14.8 Å². The first kappa shape index (κ1) is 20.7. The van der Waals surface area contributed by atoms with Crippen LogP contribution in [0.4, 0.5) is 5.69 Å². The summed E-state index contributed by atoms with van der Waals surface area (Å²) in [4.78, 5) is 20.0. The van der Waals surface area contributed by atoms with E-state index >= 15 is 0 Å². The first-order chi connectivity index (χ1) is 15.2. The number of nitrogens with one attached hydrogen (secondary N) is 1. The standard InChI is InChI=1S/C24H22N4O2S/c1-3-14-28-23(29)21(15-18-16-25-27-22(18)17-8-6-5-7-9-17)31-24(28)26-19-10-12-20(13-11-19)30-4-2/h3,5-13,15-16H,1,4,14H2,2H3,(H,25,27)/b21-15-,26-24?. The molecule has 1 aliphatic heterocycles. The molecule has 1 aliphatic rings. The van der Waals surface area contributed by atoms with Gasteiger partial charge in [-0.15, -0.1) is 6.58 Å². The largest absolute Gasteiger partial charge is 0.494 e. The average molecular weight is 431 g/mol. The van der Waals surface area contributed by atoms with Crippen molar-refractivity contribution in [2.75, 3.05) is 13.2 Å². The van der Waals surface area contributed by atoms with E-state index < -0.39 is 0 Å². The lowest BCUT2D eigenvalue weighted by Gasteiger charge is -2.12. The minimum absolute atomic E-state index is 0.102. The zero-order valence-electron chi connectivity index (χ0n) is 17.1. The van der Waals surface area contributed by atoms with Gasteiger partial charge in [-0.25, -0.2) is 4.99 Å². The van der Waals surface area contributed by atoms with Crippen LogP contribution < -0.4 is 4.74 Å². The number of benzene rings is 2. The minimum atomic E-state index is -0.102. The summed E-state index contributed by atoms with van der Waals surface area (Å²) < 4.78 is 5.48. The molecule has 2 aromatic carbocycles. The number of thioether (sulfide) groups is 1. The number of amides is 1. The molecule has 0 unspecified atom stereocenters. The van der Waals surface area contributed by atoms with Gasteiger partial charge in [-0.05, 0) is 49.0 Å². The Balaban J connectivity index is 1.64. The maximum atomic E-state index is 13.1. The fourth-order valence-electron chi connectivity index (χ4n) is 3.16. The summed E-state index contributed by atoms with van der Waals surface area (Å²) >= 11 is 1.35. The van der Waals surface area contributed by atoms with Gasteiger partial charge in [0.25, 0.3) is 5.91 Å². The SMILES string of the molecule is C=CCN1C(=O)/C(=C/c2cn[nH]c2-c2ccccc2)SC1=Nc1ccc(OCC)cc1. The first-order valence-corrected chi connectivity index (χ1v) is 10.7. The molecule has 1 fully saturated rings. The summed E-state index contributed by atoms with van der Waals surface area (Å²) in [6, 6.07) is 17.4. The Morgan fingerprint density at radius 2 is 1.97 bits per heavy atom. The monoisotopic (exact) mass is 430 g/mol. The molecule has 0 spiro atoms. The average Bonchev–Trinajstić information content (AvgIpc) is 3.37. The smallest absolute Gasteiger partial charge is 0.267 e. The molecule has 2 heterocycles. The van der Waals surface area contributed by atoms with Gasteiger partial charge in [0.1, 0.15) is 5.75 Å². The van der Waals surface area contributed by atoms with Gasteiger partial charge in [-0.2, -0.15) is 5.10 Å². The molecule has 4 rings (SSSR count). The fraction of sp³-hybridized carbons (Fsp3) is 0.125. The number of amidine groups is 1. The summed E-state index contributed by atoms with van der Waals surface area (Å²) in [5, 5.41) is 7.81. The van der Waals surface area contributed by atoms with Crippen LogP contribution in [0.1, 0.15) is 12.5 Å². The van der Waals surface area contributed by atoms with E-state index in [2.05, 4.69) is 21.8 Å². The minimum Gasteiger partial charge on any atom is -0.494 e. The Morgan fingerprint density at radius 1 is 1.19 bits per heavy atom. The van der Waals surface area contributed by atoms with E-state index in [-0.39, 0.29) is 5.91 Å². The molecule has 3 aromatic rings. The predicted octanol–water partition coefficient (Wildman–Crippen LogP) is 5.27. The van der Waals surface area contributed by atoms with Crippen molar-refractivity contribution in [2.24, 2.45) is 4.99 Å². The van der Waals surface area contributed by atoms with E-state index in [1.165, 1.54) is 11.8 Å². The van der Waals surface area contributed by atoms with Crippen LogP contribution in [0.5, 0.6) is 5.75 Å². The number of ether oxygens (including phenoxy) is 1. The van der Waals surface area contributed by atoms with Crippen molar-refractivity contribution in [2.45, 2.75) is 6.92 Å². The second kappa shape index (κ2) is 9.49. The van der Waals surface area contributed by atoms with E-state index in [9.17, 15) is 4.79 Å². The molecular formula is C24H22N4O2S. The molecule has 31 heavy (non-hydrogen) atoms. The number of carbonyl (C=O) groups is 1. The van der Waals surface area contributed by atoms with Crippen LogP contribution in [-0.2, 0) is 4.79 Å². The third-order valence-corrected chi connectivity index (χ3v) is 5.60. The molecule has 0 saturated carbocycles.